The first-order valence-corrected chi connectivity index (χ1v) is 11.9. The Morgan fingerprint density at radius 2 is 1.86 bits per heavy atom. The highest BCUT2D eigenvalue weighted by molar-refractivity contribution is 7.80. The van der Waals surface area contributed by atoms with E-state index in [4.69, 9.17) is 15.2 Å². The van der Waals surface area contributed by atoms with E-state index in [2.05, 4.69) is 40.1 Å². The quantitative estimate of drug-likeness (QED) is 0.311. The van der Waals surface area contributed by atoms with Gasteiger partial charge < -0.3 is 24.7 Å². The molecule has 2 aromatic carbocycles. The predicted molar refractivity (Wildman–Crippen MR) is 143 cm³/mol. The number of nitrogens with zero attached hydrogens (tertiary/aromatic N) is 4. The molecule has 0 saturated carbocycles. The maximum atomic E-state index is 9.65. The number of rotatable bonds is 4. The van der Waals surface area contributed by atoms with Gasteiger partial charge in [-0.1, -0.05) is 12.1 Å². The fourth-order valence-electron chi connectivity index (χ4n) is 4.20. The third-order valence-corrected chi connectivity index (χ3v) is 6.22. The number of nitrogens with two attached hydrogens (primary N) is 1. The van der Waals surface area contributed by atoms with Crippen LogP contribution >= 0.6 is 12.6 Å². The third kappa shape index (κ3) is 5.37. The zero-order valence-electron chi connectivity index (χ0n) is 19.9. The molecule has 4 aromatic rings. The standard InChI is InChI=1S/C18H17N3O.C9H12N2OS/c1-3-21-17-10-14(22-2)8-9-15(17)16(11-19)18(21)12-4-6-13(20)7-5-12;13-8-1-2-9(10-7-8)11-3-5-12-6-4-11/h4-10H,3,20H2,1-2H3;1-2,7,13H,3-6H2. The summed E-state index contributed by atoms with van der Waals surface area (Å²) < 4.78 is 12.7. The van der Waals surface area contributed by atoms with Gasteiger partial charge in [0.1, 0.15) is 17.6 Å². The summed E-state index contributed by atoms with van der Waals surface area (Å²) in [5.74, 6) is 1.80. The maximum absolute atomic E-state index is 9.65. The zero-order valence-corrected chi connectivity index (χ0v) is 20.8. The molecule has 1 aliphatic heterocycles. The molecule has 0 atom stereocenters. The van der Waals surface area contributed by atoms with Gasteiger partial charge in [-0.3, -0.25) is 0 Å². The maximum Gasteiger partial charge on any atom is 0.128 e. The lowest BCUT2D eigenvalue weighted by atomic mass is 10.1. The van der Waals surface area contributed by atoms with E-state index in [0.717, 1.165) is 71.5 Å². The van der Waals surface area contributed by atoms with E-state index in [0.29, 0.717) is 11.3 Å². The summed E-state index contributed by atoms with van der Waals surface area (Å²) in [6, 6.07) is 19.7. The number of methoxy groups -OCH3 is 1. The van der Waals surface area contributed by atoms with E-state index in [1.807, 2.05) is 54.6 Å². The van der Waals surface area contributed by atoms with Crippen molar-refractivity contribution in [2.75, 3.05) is 44.0 Å². The van der Waals surface area contributed by atoms with Crippen molar-refractivity contribution in [1.29, 1.82) is 5.26 Å². The highest BCUT2D eigenvalue weighted by Crippen LogP contribution is 2.35. The molecular formula is C27H29N5O2S. The Morgan fingerprint density at radius 3 is 2.46 bits per heavy atom. The number of nitrogen functional groups attached to an aromatic ring is 1. The number of anilines is 2. The molecular weight excluding hydrogens is 458 g/mol. The van der Waals surface area contributed by atoms with Crippen LogP contribution in [0.2, 0.25) is 0 Å². The molecule has 1 fully saturated rings. The molecule has 1 aliphatic rings. The lowest BCUT2D eigenvalue weighted by Gasteiger charge is -2.27. The molecule has 180 valence electrons. The largest absolute Gasteiger partial charge is 0.497 e. The predicted octanol–water partition coefficient (Wildman–Crippen LogP) is 5.00. The van der Waals surface area contributed by atoms with Crippen molar-refractivity contribution >= 4 is 35.0 Å². The van der Waals surface area contributed by atoms with Gasteiger partial charge in [0.05, 0.1) is 37.1 Å². The Hall–Kier alpha value is -3.67. The molecule has 7 nitrogen and oxygen atoms in total. The van der Waals surface area contributed by atoms with Crippen molar-refractivity contribution < 1.29 is 9.47 Å². The number of nitriles is 1. The number of hydrogen-bond acceptors (Lipinski definition) is 7. The van der Waals surface area contributed by atoms with Gasteiger partial charge in [-0.05, 0) is 48.9 Å². The van der Waals surface area contributed by atoms with Crippen molar-refractivity contribution in [3.05, 3.63) is 66.4 Å². The summed E-state index contributed by atoms with van der Waals surface area (Å²) in [5.41, 5.74) is 10.1. The molecule has 2 aromatic heterocycles. The first-order valence-electron chi connectivity index (χ1n) is 11.5. The number of pyridine rings is 1. The van der Waals surface area contributed by atoms with Crippen molar-refractivity contribution in [2.45, 2.75) is 18.4 Å². The summed E-state index contributed by atoms with van der Waals surface area (Å²) in [6.07, 6.45) is 1.77. The van der Waals surface area contributed by atoms with Crippen LogP contribution in [0, 0.1) is 11.3 Å². The van der Waals surface area contributed by atoms with E-state index in [1.165, 1.54) is 0 Å². The number of benzene rings is 2. The van der Waals surface area contributed by atoms with Gasteiger partial charge in [-0.15, -0.1) is 12.6 Å². The van der Waals surface area contributed by atoms with Crippen LogP contribution in [0.3, 0.4) is 0 Å². The van der Waals surface area contributed by atoms with Crippen molar-refractivity contribution in [3.8, 4) is 23.1 Å². The van der Waals surface area contributed by atoms with E-state index < -0.39 is 0 Å². The molecule has 1 saturated heterocycles. The van der Waals surface area contributed by atoms with Crippen LogP contribution in [0.25, 0.3) is 22.2 Å². The Balaban J connectivity index is 0.000000189. The van der Waals surface area contributed by atoms with Crippen LogP contribution in [-0.2, 0) is 11.3 Å². The van der Waals surface area contributed by atoms with Gasteiger partial charge in [0.15, 0.2) is 0 Å². The minimum absolute atomic E-state index is 0.685. The first kappa shape index (κ1) is 24.5. The fraction of sp³-hybridized carbons (Fsp3) is 0.259. The third-order valence-electron chi connectivity index (χ3n) is 5.95. The van der Waals surface area contributed by atoms with Gasteiger partial charge in [0, 0.05) is 47.9 Å². The average molecular weight is 488 g/mol. The van der Waals surface area contributed by atoms with Crippen molar-refractivity contribution in [2.24, 2.45) is 0 Å². The molecule has 0 amide bonds. The molecule has 8 heteroatoms. The number of aromatic nitrogens is 2. The number of hydrogen-bond donors (Lipinski definition) is 2. The van der Waals surface area contributed by atoms with Crippen LogP contribution in [0.4, 0.5) is 11.5 Å². The smallest absolute Gasteiger partial charge is 0.128 e. The molecule has 0 bridgehead atoms. The van der Waals surface area contributed by atoms with Gasteiger partial charge in [0.25, 0.3) is 0 Å². The molecule has 35 heavy (non-hydrogen) atoms. The number of ether oxygens (including phenoxy) is 2. The Morgan fingerprint density at radius 1 is 1.11 bits per heavy atom. The van der Waals surface area contributed by atoms with Crippen molar-refractivity contribution in [1.82, 2.24) is 9.55 Å². The normalized spacial score (nSPS) is 13.1. The second kappa shape index (κ2) is 11.2. The lowest BCUT2D eigenvalue weighted by molar-refractivity contribution is 0.122. The second-order valence-corrected chi connectivity index (χ2v) is 8.58. The highest BCUT2D eigenvalue weighted by atomic mass is 32.1. The van der Waals surface area contributed by atoms with Crippen LogP contribution < -0.4 is 15.4 Å². The van der Waals surface area contributed by atoms with Gasteiger partial charge in [-0.2, -0.15) is 5.26 Å². The molecule has 0 spiro atoms. The summed E-state index contributed by atoms with van der Waals surface area (Å²) in [6.45, 7) is 6.29. The number of aryl methyl sites for hydroxylation is 1. The number of fused-ring (bicyclic) bond motifs is 1. The summed E-state index contributed by atoms with van der Waals surface area (Å²) in [7, 11) is 1.65. The summed E-state index contributed by atoms with van der Waals surface area (Å²) >= 11 is 4.19. The topological polar surface area (TPSA) is 89.3 Å². The molecule has 2 N–H and O–H groups in total. The van der Waals surface area contributed by atoms with Crippen LogP contribution in [0.15, 0.2) is 65.7 Å². The minimum atomic E-state index is 0.685. The minimum Gasteiger partial charge on any atom is -0.497 e. The molecule has 3 heterocycles. The van der Waals surface area contributed by atoms with E-state index in [9.17, 15) is 5.26 Å². The zero-order chi connectivity index (χ0) is 24.8. The summed E-state index contributed by atoms with van der Waals surface area (Å²) in [4.78, 5) is 7.41. The SMILES string of the molecule is CCn1c(-c2ccc(N)cc2)c(C#N)c2ccc(OC)cc21.Sc1ccc(N2CCOCC2)nc1. The summed E-state index contributed by atoms with van der Waals surface area (Å²) in [5, 5.41) is 10.6. The van der Waals surface area contributed by atoms with Gasteiger partial charge in [0.2, 0.25) is 0 Å². The first-order chi connectivity index (χ1) is 17.0. The van der Waals surface area contributed by atoms with Crippen LogP contribution in [-0.4, -0.2) is 43.0 Å². The van der Waals surface area contributed by atoms with E-state index in [-0.39, 0.29) is 0 Å². The molecule has 0 unspecified atom stereocenters. The monoisotopic (exact) mass is 487 g/mol. The fourth-order valence-corrected chi connectivity index (χ4v) is 4.33. The van der Waals surface area contributed by atoms with Gasteiger partial charge in [-0.25, -0.2) is 4.98 Å². The highest BCUT2D eigenvalue weighted by Gasteiger charge is 2.18. The Bertz CT molecular complexity index is 1320. The van der Waals surface area contributed by atoms with Crippen molar-refractivity contribution in [3.63, 3.8) is 0 Å². The Labute approximate surface area is 211 Å². The Kier molecular flexibility index (Phi) is 7.80. The van der Waals surface area contributed by atoms with Crippen LogP contribution in [0.1, 0.15) is 12.5 Å². The average Bonchev–Trinajstić information content (AvgIpc) is 3.23. The number of thiol groups is 1. The van der Waals surface area contributed by atoms with Gasteiger partial charge >= 0.3 is 0 Å². The lowest BCUT2D eigenvalue weighted by Crippen LogP contribution is -2.36. The van der Waals surface area contributed by atoms with E-state index >= 15 is 0 Å². The van der Waals surface area contributed by atoms with E-state index in [1.54, 1.807) is 13.3 Å². The molecule has 0 radical (unpaired) electrons. The number of morpholine rings is 1. The molecule has 0 aliphatic carbocycles. The second-order valence-electron chi connectivity index (χ2n) is 8.06. The van der Waals surface area contributed by atoms with Crippen LogP contribution in [0.5, 0.6) is 5.75 Å². The molecule has 5 rings (SSSR count).